The quantitative estimate of drug-likeness (QED) is 0.559. The molecule has 0 aromatic rings. The van der Waals surface area contributed by atoms with Gasteiger partial charge in [-0.3, -0.25) is 0 Å². The maximum atomic E-state index is 2.48. The summed E-state index contributed by atoms with van der Waals surface area (Å²) in [5.74, 6) is 7.78. The highest BCUT2D eigenvalue weighted by Gasteiger charge is 2.37. The molecule has 4 aliphatic rings. The first kappa shape index (κ1) is 16.5. The van der Waals surface area contributed by atoms with Crippen molar-refractivity contribution in [3.8, 4) is 0 Å². The fourth-order valence-electron chi connectivity index (χ4n) is 7.37. The van der Waals surface area contributed by atoms with Crippen LogP contribution in [0.15, 0.2) is 0 Å². The van der Waals surface area contributed by atoms with Gasteiger partial charge < -0.3 is 0 Å². The third-order valence-electron chi connectivity index (χ3n) is 8.65. The van der Waals surface area contributed by atoms with Crippen LogP contribution >= 0.6 is 0 Å². The lowest BCUT2D eigenvalue weighted by molar-refractivity contribution is 0.0747. The molecule has 0 amide bonds. The van der Waals surface area contributed by atoms with E-state index >= 15 is 0 Å². The number of fused-ring (bicyclic) bond motifs is 1. The van der Waals surface area contributed by atoms with E-state index in [1.165, 1.54) is 6.42 Å². The molecule has 0 heterocycles. The second-order valence-corrected chi connectivity index (χ2v) is 10.1. The van der Waals surface area contributed by atoms with Gasteiger partial charge in [-0.2, -0.15) is 0 Å². The summed E-state index contributed by atoms with van der Waals surface area (Å²) in [6.07, 6.45) is 23.6. The maximum absolute atomic E-state index is 2.48. The van der Waals surface area contributed by atoms with Crippen molar-refractivity contribution in [2.24, 2.45) is 35.5 Å². The number of hydrogen-bond acceptors (Lipinski definition) is 0. The van der Waals surface area contributed by atoms with Crippen LogP contribution in [0.4, 0.5) is 0 Å². The van der Waals surface area contributed by atoms with Crippen molar-refractivity contribution in [3.63, 3.8) is 0 Å². The molecule has 23 heavy (non-hydrogen) atoms. The largest absolute Gasteiger partial charge is 0.105 e. The molecule has 0 aromatic carbocycles. The summed E-state index contributed by atoms with van der Waals surface area (Å²) in [5.41, 5.74) is 0. The zero-order valence-corrected chi connectivity index (χ0v) is 15.6. The molecule has 0 radical (unpaired) electrons. The van der Waals surface area contributed by atoms with Gasteiger partial charge in [-0.1, -0.05) is 76.4 Å². The molecule has 0 saturated heterocycles. The molecule has 0 aromatic heterocycles. The van der Waals surface area contributed by atoms with E-state index in [2.05, 4.69) is 7.85 Å². The normalized spacial score (nSPS) is 48.1. The molecule has 4 fully saturated rings. The van der Waals surface area contributed by atoms with Gasteiger partial charge in [0.05, 0.1) is 0 Å². The smallest absolute Gasteiger partial charge is 0.0694 e. The predicted octanol–water partition coefficient (Wildman–Crippen LogP) is 6.01. The second kappa shape index (κ2) is 7.53. The molecule has 0 aliphatic heterocycles. The Labute approximate surface area is 146 Å². The molecule has 4 saturated carbocycles. The zero-order valence-electron chi connectivity index (χ0n) is 15.6. The fraction of sp³-hybridized carbons (Fsp3) is 1.00. The van der Waals surface area contributed by atoms with E-state index in [-0.39, 0.29) is 0 Å². The second-order valence-electron chi connectivity index (χ2n) is 10.1. The van der Waals surface area contributed by atoms with Crippen molar-refractivity contribution in [2.45, 2.75) is 102 Å². The lowest BCUT2D eigenvalue weighted by Gasteiger charge is -2.43. The Hall–Kier alpha value is 0.0649. The summed E-state index contributed by atoms with van der Waals surface area (Å²) in [4.78, 5) is 0. The first-order valence-electron chi connectivity index (χ1n) is 11.3. The van der Waals surface area contributed by atoms with Gasteiger partial charge in [0, 0.05) is 0 Å². The highest BCUT2D eigenvalue weighted by atomic mass is 14.4. The molecular weight excluding hydrogens is 275 g/mol. The third-order valence-corrected chi connectivity index (χ3v) is 8.65. The van der Waals surface area contributed by atoms with Gasteiger partial charge in [0.15, 0.2) is 0 Å². The van der Waals surface area contributed by atoms with Crippen LogP contribution in [0.3, 0.4) is 0 Å². The van der Waals surface area contributed by atoms with Gasteiger partial charge in [0.2, 0.25) is 0 Å². The van der Waals surface area contributed by atoms with Crippen LogP contribution in [0.2, 0.25) is 5.82 Å². The van der Waals surface area contributed by atoms with Gasteiger partial charge in [-0.15, -0.1) is 0 Å². The van der Waals surface area contributed by atoms with Crippen molar-refractivity contribution in [2.75, 3.05) is 0 Å². The van der Waals surface area contributed by atoms with Crippen LogP contribution in [0.5, 0.6) is 0 Å². The van der Waals surface area contributed by atoms with E-state index in [0.29, 0.717) is 0 Å². The van der Waals surface area contributed by atoms with Gasteiger partial charge in [0.1, 0.15) is 7.85 Å². The molecule has 0 N–H and O–H groups in total. The van der Waals surface area contributed by atoms with Gasteiger partial charge in [-0.25, -0.2) is 0 Å². The topological polar surface area (TPSA) is 0 Å². The molecule has 4 aliphatic carbocycles. The molecule has 0 bridgehead atoms. The van der Waals surface area contributed by atoms with Crippen LogP contribution < -0.4 is 0 Å². The Morgan fingerprint density at radius 2 is 1.35 bits per heavy atom. The molecule has 5 atom stereocenters. The first-order chi connectivity index (χ1) is 11.3. The molecular formula is C22H39B. The zero-order chi connectivity index (χ0) is 15.6. The Morgan fingerprint density at radius 1 is 0.609 bits per heavy atom. The van der Waals surface area contributed by atoms with E-state index in [0.717, 1.165) is 41.3 Å². The van der Waals surface area contributed by atoms with Crippen molar-refractivity contribution in [1.82, 2.24) is 0 Å². The minimum Gasteiger partial charge on any atom is -0.0694 e. The summed E-state index contributed by atoms with van der Waals surface area (Å²) in [6, 6.07) is 0. The van der Waals surface area contributed by atoms with Crippen LogP contribution in [-0.4, -0.2) is 7.85 Å². The third kappa shape index (κ3) is 3.85. The van der Waals surface area contributed by atoms with Gasteiger partial charge in [-0.05, 0) is 61.2 Å². The lowest BCUT2D eigenvalue weighted by Crippen LogP contribution is -2.33. The van der Waals surface area contributed by atoms with Crippen LogP contribution in [0, 0.1) is 35.5 Å². The van der Waals surface area contributed by atoms with E-state index in [9.17, 15) is 0 Å². The Bertz CT molecular complexity index is 368. The van der Waals surface area contributed by atoms with E-state index in [1.807, 2.05) is 0 Å². The van der Waals surface area contributed by atoms with Crippen molar-refractivity contribution in [1.29, 1.82) is 0 Å². The minimum absolute atomic E-state index is 1.03. The molecule has 4 rings (SSSR count). The van der Waals surface area contributed by atoms with Gasteiger partial charge >= 0.3 is 0 Å². The first-order valence-corrected chi connectivity index (χ1v) is 11.3. The summed E-state index contributed by atoms with van der Waals surface area (Å²) in [5, 5.41) is 0. The molecule has 130 valence electrons. The minimum atomic E-state index is 1.03. The maximum Gasteiger partial charge on any atom is 0.105 e. The SMILES string of the molecule is BC1CC[C@H](C2CCC(C[C@@H]3CCC[C@@H]4CCCCC43)CC2)C1. The Morgan fingerprint density at radius 3 is 2.13 bits per heavy atom. The summed E-state index contributed by atoms with van der Waals surface area (Å²) < 4.78 is 0. The summed E-state index contributed by atoms with van der Waals surface area (Å²) in [7, 11) is 2.48. The molecule has 0 nitrogen and oxygen atoms in total. The molecule has 0 spiro atoms. The molecule has 2 unspecified atom stereocenters. The van der Waals surface area contributed by atoms with E-state index in [1.54, 1.807) is 89.9 Å². The summed E-state index contributed by atoms with van der Waals surface area (Å²) >= 11 is 0. The van der Waals surface area contributed by atoms with Crippen LogP contribution in [0.25, 0.3) is 0 Å². The number of hydrogen-bond donors (Lipinski definition) is 0. The van der Waals surface area contributed by atoms with Gasteiger partial charge in [0.25, 0.3) is 0 Å². The van der Waals surface area contributed by atoms with E-state index in [4.69, 9.17) is 0 Å². The highest BCUT2D eigenvalue weighted by molar-refractivity contribution is 6.11. The lowest BCUT2D eigenvalue weighted by atomic mass is 9.62. The number of rotatable bonds is 3. The Kier molecular flexibility index (Phi) is 5.41. The van der Waals surface area contributed by atoms with Crippen LogP contribution in [0.1, 0.15) is 96.3 Å². The molecule has 1 heteroatoms. The van der Waals surface area contributed by atoms with Crippen LogP contribution in [-0.2, 0) is 0 Å². The average Bonchev–Trinajstić information content (AvgIpc) is 3.02. The van der Waals surface area contributed by atoms with Crippen molar-refractivity contribution in [3.05, 3.63) is 0 Å². The van der Waals surface area contributed by atoms with Crippen molar-refractivity contribution < 1.29 is 0 Å². The summed E-state index contributed by atoms with van der Waals surface area (Å²) in [6.45, 7) is 0. The predicted molar refractivity (Wildman–Crippen MR) is 102 cm³/mol. The Balaban J connectivity index is 1.26. The standard InChI is InChI=1S/C22H39B/c23-21-13-12-19(15-21)17-10-8-16(9-11-17)14-20-6-3-5-18-4-1-2-7-22(18)20/h16-22H,1-15,23H2/t16?,17?,18-,19-,20-,21?,22?/m0/s1. The van der Waals surface area contributed by atoms with E-state index < -0.39 is 0 Å². The van der Waals surface area contributed by atoms with Crippen molar-refractivity contribution >= 4 is 7.85 Å². The average molecular weight is 314 g/mol. The highest BCUT2D eigenvalue weighted by Crippen LogP contribution is 2.49. The monoisotopic (exact) mass is 314 g/mol. The fourth-order valence-corrected chi connectivity index (χ4v) is 7.37.